The number of aromatic nitrogens is 1. The van der Waals surface area contributed by atoms with E-state index in [-0.39, 0.29) is 12.1 Å². The SMILES string of the molecule is CCNC(COC(C)C)c1cccc(C)n1. The maximum Gasteiger partial charge on any atom is 0.0732 e. The van der Waals surface area contributed by atoms with Gasteiger partial charge in [-0.15, -0.1) is 0 Å². The lowest BCUT2D eigenvalue weighted by molar-refractivity contribution is 0.0606. The van der Waals surface area contributed by atoms with E-state index in [0.717, 1.165) is 17.9 Å². The summed E-state index contributed by atoms with van der Waals surface area (Å²) in [4.78, 5) is 4.53. The highest BCUT2D eigenvalue weighted by atomic mass is 16.5. The van der Waals surface area contributed by atoms with Gasteiger partial charge < -0.3 is 10.1 Å². The second kappa shape index (κ2) is 6.61. The van der Waals surface area contributed by atoms with Crippen LogP contribution in [0.3, 0.4) is 0 Å². The monoisotopic (exact) mass is 222 g/mol. The number of hydrogen-bond acceptors (Lipinski definition) is 3. The van der Waals surface area contributed by atoms with Gasteiger partial charge in [-0.25, -0.2) is 0 Å². The number of ether oxygens (including phenoxy) is 1. The van der Waals surface area contributed by atoms with Crippen molar-refractivity contribution in [3.05, 3.63) is 29.6 Å². The average molecular weight is 222 g/mol. The van der Waals surface area contributed by atoms with E-state index in [9.17, 15) is 0 Å². The van der Waals surface area contributed by atoms with Crippen molar-refractivity contribution < 1.29 is 4.74 Å². The van der Waals surface area contributed by atoms with Crippen LogP contribution in [0.15, 0.2) is 18.2 Å². The van der Waals surface area contributed by atoms with E-state index < -0.39 is 0 Å². The van der Waals surface area contributed by atoms with Crippen molar-refractivity contribution in [2.24, 2.45) is 0 Å². The predicted octanol–water partition coefficient (Wildman–Crippen LogP) is 2.47. The molecule has 16 heavy (non-hydrogen) atoms. The number of pyridine rings is 1. The van der Waals surface area contributed by atoms with Gasteiger partial charge in [0.25, 0.3) is 0 Å². The molecule has 0 radical (unpaired) electrons. The fourth-order valence-electron chi connectivity index (χ4n) is 1.54. The molecule has 1 atom stereocenters. The molecule has 90 valence electrons. The summed E-state index contributed by atoms with van der Waals surface area (Å²) in [5, 5.41) is 3.39. The molecule has 0 spiro atoms. The fourth-order valence-corrected chi connectivity index (χ4v) is 1.54. The molecule has 0 bridgehead atoms. The molecule has 1 heterocycles. The second-order valence-corrected chi connectivity index (χ2v) is 4.20. The summed E-state index contributed by atoms with van der Waals surface area (Å²) in [7, 11) is 0. The van der Waals surface area contributed by atoms with Crippen molar-refractivity contribution >= 4 is 0 Å². The minimum absolute atomic E-state index is 0.187. The van der Waals surface area contributed by atoms with Crippen molar-refractivity contribution in [1.29, 1.82) is 0 Å². The molecule has 0 aliphatic carbocycles. The third kappa shape index (κ3) is 4.29. The molecule has 0 aliphatic rings. The fraction of sp³-hybridized carbons (Fsp3) is 0.615. The predicted molar refractivity (Wildman–Crippen MR) is 66.5 cm³/mol. The van der Waals surface area contributed by atoms with Gasteiger partial charge in [0.15, 0.2) is 0 Å². The Bertz CT molecular complexity index is 313. The maximum atomic E-state index is 5.65. The molecule has 0 aliphatic heterocycles. The number of likely N-dealkylation sites (N-methyl/N-ethyl adjacent to an activating group) is 1. The van der Waals surface area contributed by atoms with Crippen LogP contribution < -0.4 is 5.32 Å². The van der Waals surface area contributed by atoms with E-state index in [1.807, 2.05) is 39.0 Å². The average Bonchev–Trinajstić information content (AvgIpc) is 2.24. The zero-order valence-corrected chi connectivity index (χ0v) is 10.7. The van der Waals surface area contributed by atoms with Crippen LogP contribution in [0, 0.1) is 6.92 Å². The van der Waals surface area contributed by atoms with Crippen molar-refractivity contribution in [3.63, 3.8) is 0 Å². The number of aryl methyl sites for hydroxylation is 1. The van der Waals surface area contributed by atoms with Crippen LogP contribution in [-0.4, -0.2) is 24.2 Å². The van der Waals surface area contributed by atoms with Crippen molar-refractivity contribution in [1.82, 2.24) is 10.3 Å². The molecule has 0 amide bonds. The minimum atomic E-state index is 0.187. The molecule has 0 fully saturated rings. The van der Waals surface area contributed by atoms with E-state index in [1.165, 1.54) is 0 Å². The van der Waals surface area contributed by atoms with Crippen LogP contribution in [0.4, 0.5) is 0 Å². The van der Waals surface area contributed by atoms with E-state index in [0.29, 0.717) is 6.61 Å². The Morgan fingerprint density at radius 3 is 2.69 bits per heavy atom. The molecule has 1 rings (SSSR count). The van der Waals surface area contributed by atoms with Gasteiger partial charge in [0.05, 0.1) is 24.4 Å². The van der Waals surface area contributed by atoms with Gasteiger partial charge in [-0.3, -0.25) is 4.98 Å². The first-order chi connectivity index (χ1) is 7.63. The molecule has 3 nitrogen and oxygen atoms in total. The Morgan fingerprint density at radius 1 is 1.38 bits per heavy atom. The first-order valence-corrected chi connectivity index (χ1v) is 5.92. The van der Waals surface area contributed by atoms with Crippen LogP contribution in [0.5, 0.6) is 0 Å². The lowest BCUT2D eigenvalue weighted by Crippen LogP contribution is -2.27. The van der Waals surface area contributed by atoms with Gasteiger partial charge in [-0.1, -0.05) is 13.0 Å². The van der Waals surface area contributed by atoms with E-state index in [2.05, 4.69) is 17.2 Å². The Labute approximate surface area is 98.2 Å². The number of hydrogen-bond donors (Lipinski definition) is 1. The van der Waals surface area contributed by atoms with Crippen LogP contribution >= 0.6 is 0 Å². The minimum Gasteiger partial charge on any atom is -0.377 e. The van der Waals surface area contributed by atoms with Gasteiger partial charge in [0.1, 0.15) is 0 Å². The molecule has 3 heteroatoms. The number of nitrogens with zero attached hydrogens (tertiary/aromatic N) is 1. The zero-order chi connectivity index (χ0) is 12.0. The molecular formula is C13H22N2O. The molecule has 0 aromatic carbocycles. The summed E-state index contributed by atoms with van der Waals surface area (Å²) in [6, 6.07) is 6.28. The zero-order valence-electron chi connectivity index (χ0n) is 10.7. The van der Waals surface area contributed by atoms with Crippen LogP contribution in [0.25, 0.3) is 0 Å². The highest BCUT2D eigenvalue weighted by Gasteiger charge is 2.12. The molecule has 0 saturated carbocycles. The highest BCUT2D eigenvalue weighted by Crippen LogP contribution is 2.12. The maximum absolute atomic E-state index is 5.65. The first kappa shape index (κ1) is 13.1. The third-order valence-corrected chi connectivity index (χ3v) is 2.31. The molecule has 0 saturated heterocycles. The third-order valence-electron chi connectivity index (χ3n) is 2.31. The van der Waals surface area contributed by atoms with Gasteiger partial charge >= 0.3 is 0 Å². The lowest BCUT2D eigenvalue weighted by atomic mass is 10.2. The molecular weight excluding hydrogens is 200 g/mol. The smallest absolute Gasteiger partial charge is 0.0732 e. The second-order valence-electron chi connectivity index (χ2n) is 4.20. The molecule has 1 N–H and O–H groups in total. The summed E-state index contributed by atoms with van der Waals surface area (Å²) in [5.41, 5.74) is 2.10. The normalized spacial score (nSPS) is 13.1. The molecule has 1 aromatic heterocycles. The lowest BCUT2D eigenvalue weighted by Gasteiger charge is -2.19. The van der Waals surface area contributed by atoms with Crippen molar-refractivity contribution in [2.45, 2.75) is 39.8 Å². The van der Waals surface area contributed by atoms with Crippen molar-refractivity contribution in [2.75, 3.05) is 13.2 Å². The Hall–Kier alpha value is -0.930. The standard InChI is InChI=1S/C13H22N2O/c1-5-14-13(9-16-10(2)3)12-8-6-7-11(4)15-12/h6-8,10,13-14H,5,9H2,1-4H3. The topological polar surface area (TPSA) is 34.1 Å². The van der Waals surface area contributed by atoms with Gasteiger partial charge in [-0.2, -0.15) is 0 Å². The molecule has 1 aromatic rings. The Kier molecular flexibility index (Phi) is 5.43. The first-order valence-electron chi connectivity index (χ1n) is 5.92. The quantitative estimate of drug-likeness (QED) is 0.803. The number of rotatable bonds is 6. The van der Waals surface area contributed by atoms with E-state index in [4.69, 9.17) is 4.74 Å². The summed E-state index contributed by atoms with van der Waals surface area (Å²) < 4.78 is 5.65. The Morgan fingerprint density at radius 2 is 2.12 bits per heavy atom. The van der Waals surface area contributed by atoms with Crippen LogP contribution in [0.2, 0.25) is 0 Å². The van der Waals surface area contributed by atoms with Crippen molar-refractivity contribution in [3.8, 4) is 0 Å². The van der Waals surface area contributed by atoms with Gasteiger partial charge in [0.2, 0.25) is 0 Å². The largest absolute Gasteiger partial charge is 0.377 e. The summed E-state index contributed by atoms with van der Waals surface area (Å²) >= 11 is 0. The summed E-state index contributed by atoms with van der Waals surface area (Å²) in [5.74, 6) is 0. The van der Waals surface area contributed by atoms with Gasteiger partial charge in [0, 0.05) is 5.69 Å². The molecule has 1 unspecified atom stereocenters. The van der Waals surface area contributed by atoms with Crippen LogP contribution in [0.1, 0.15) is 38.2 Å². The van der Waals surface area contributed by atoms with E-state index in [1.54, 1.807) is 0 Å². The number of nitrogens with one attached hydrogen (secondary N) is 1. The van der Waals surface area contributed by atoms with Gasteiger partial charge in [-0.05, 0) is 39.4 Å². The highest BCUT2D eigenvalue weighted by molar-refractivity contribution is 5.13. The van der Waals surface area contributed by atoms with E-state index >= 15 is 0 Å². The summed E-state index contributed by atoms with van der Waals surface area (Å²) in [6.45, 7) is 9.79. The summed E-state index contributed by atoms with van der Waals surface area (Å²) in [6.07, 6.45) is 0.256. The van der Waals surface area contributed by atoms with Crippen LogP contribution in [-0.2, 0) is 4.74 Å². The Balaban J connectivity index is 2.68.